The molecule has 0 spiro atoms. The molecule has 0 heterocycles. The second-order valence-electron chi connectivity index (χ2n) is 4.44. The molecule has 0 unspecified atom stereocenters. The number of carboxylic acid groups (broad SMARTS) is 1. The summed E-state index contributed by atoms with van der Waals surface area (Å²) in [5.74, 6) is -0.631. The van der Waals surface area contributed by atoms with Crippen LogP contribution >= 0.6 is 0 Å². The van der Waals surface area contributed by atoms with E-state index in [0.29, 0.717) is 0 Å². The third-order valence-electron chi connectivity index (χ3n) is 3.20. The van der Waals surface area contributed by atoms with E-state index in [-0.39, 0.29) is 5.92 Å². The minimum atomic E-state index is -0.602. The molecule has 2 heteroatoms. The third-order valence-corrected chi connectivity index (χ3v) is 3.20. The van der Waals surface area contributed by atoms with E-state index in [9.17, 15) is 4.79 Å². The van der Waals surface area contributed by atoms with Crippen LogP contribution in [0.3, 0.4) is 0 Å². The van der Waals surface area contributed by atoms with Crippen LogP contribution in [0.15, 0.2) is 0 Å². The number of aliphatic carboxylic acids is 1. The Balaban J connectivity index is 0.000000165. The van der Waals surface area contributed by atoms with Crippen LogP contribution in [0.2, 0.25) is 0 Å². The molecule has 14 heavy (non-hydrogen) atoms. The minimum absolute atomic E-state index is 0.0289. The molecule has 0 aromatic heterocycles. The van der Waals surface area contributed by atoms with Crippen molar-refractivity contribution in [2.45, 2.75) is 64.2 Å². The summed E-state index contributed by atoms with van der Waals surface area (Å²) >= 11 is 0. The Bertz CT molecular complexity index is 148. The van der Waals surface area contributed by atoms with Crippen molar-refractivity contribution in [2.24, 2.45) is 5.92 Å². The fourth-order valence-electron chi connectivity index (χ4n) is 2.23. The van der Waals surface area contributed by atoms with E-state index < -0.39 is 5.97 Å². The predicted octanol–water partition coefficient (Wildman–Crippen LogP) is 3.60. The van der Waals surface area contributed by atoms with Gasteiger partial charge in [-0.2, -0.15) is 0 Å². The van der Waals surface area contributed by atoms with Crippen molar-refractivity contribution in [3.63, 3.8) is 0 Å². The number of carbonyl (C=O) groups is 1. The minimum Gasteiger partial charge on any atom is -0.481 e. The Morgan fingerprint density at radius 1 is 0.786 bits per heavy atom. The average molecular weight is 198 g/mol. The highest BCUT2D eigenvalue weighted by atomic mass is 16.4. The molecule has 0 bridgehead atoms. The van der Waals surface area contributed by atoms with Gasteiger partial charge in [0, 0.05) is 0 Å². The van der Waals surface area contributed by atoms with Gasteiger partial charge in [-0.3, -0.25) is 4.79 Å². The first-order chi connectivity index (χ1) is 6.80. The maximum absolute atomic E-state index is 10.4. The van der Waals surface area contributed by atoms with Crippen LogP contribution in [0.1, 0.15) is 64.2 Å². The number of carboxylic acids is 1. The molecule has 2 rings (SSSR count). The molecule has 2 aliphatic carbocycles. The molecule has 0 amide bonds. The van der Waals surface area contributed by atoms with Gasteiger partial charge in [-0.05, 0) is 12.8 Å². The fraction of sp³-hybridized carbons (Fsp3) is 0.917. The van der Waals surface area contributed by atoms with E-state index >= 15 is 0 Å². The molecular weight excluding hydrogens is 176 g/mol. The Hall–Kier alpha value is -0.530. The first-order valence-corrected chi connectivity index (χ1v) is 6.03. The SMILES string of the molecule is C1CCCC1.O=C(O)C1CCCCC1. The Morgan fingerprint density at radius 3 is 1.43 bits per heavy atom. The largest absolute Gasteiger partial charge is 0.481 e. The zero-order valence-corrected chi connectivity index (χ0v) is 9.00. The fourth-order valence-corrected chi connectivity index (χ4v) is 2.23. The highest BCUT2D eigenvalue weighted by Gasteiger charge is 2.19. The second-order valence-corrected chi connectivity index (χ2v) is 4.44. The Kier molecular flexibility index (Phi) is 5.65. The van der Waals surface area contributed by atoms with Crippen molar-refractivity contribution < 1.29 is 9.90 Å². The van der Waals surface area contributed by atoms with Gasteiger partial charge >= 0.3 is 5.97 Å². The molecular formula is C12H22O2. The number of hydrogen-bond acceptors (Lipinski definition) is 1. The molecule has 2 fully saturated rings. The van der Waals surface area contributed by atoms with Crippen molar-refractivity contribution in [1.29, 1.82) is 0 Å². The molecule has 82 valence electrons. The lowest BCUT2D eigenvalue weighted by molar-refractivity contribution is -0.142. The van der Waals surface area contributed by atoms with Gasteiger partial charge in [0.05, 0.1) is 5.92 Å². The summed E-state index contributed by atoms with van der Waals surface area (Å²) < 4.78 is 0. The first-order valence-electron chi connectivity index (χ1n) is 6.03. The zero-order valence-electron chi connectivity index (χ0n) is 9.00. The number of rotatable bonds is 1. The predicted molar refractivity (Wildman–Crippen MR) is 57.3 cm³/mol. The van der Waals surface area contributed by atoms with Gasteiger partial charge in [0.15, 0.2) is 0 Å². The smallest absolute Gasteiger partial charge is 0.306 e. The van der Waals surface area contributed by atoms with Crippen LogP contribution in [0.5, 0.6) is 0 Å². The Morgan fingerprint density at radius 2 is 1.14 bits per heavy atom. The highest BCUT2D eigenvalue weighted by molar-refractivity contribution is 5.69. The maximum Gasteiger partial charge on any atom is 0.306 e. The van der Waals surface area contributed by atoms with E-state index in [1.165, 1.54) is 38.5 Å². The van der Waals surface area contributed by atoms with Crippen molar-refractivity contribution in [3.8, 4) is 0 Å². The summed E-state index contributed by atoms with van der Waals surface area (Å²) in [5, 5.41) is 8.54. The maximum atomic E-state index is 10.4. The van der Waals surface area contributed by atoms with Gasteiger partial charge in [-0.25, -0.2) is 0 Å². The van der Waals surface area contributed by atoms with Crippen molar-refractivity contribution in [3.05, 3.63) is 0 Å². The lowest BCUT2D eigenvalue weighted by Gasteiger charge is -2.16. The Labute approximate surface area is 86.7 Å². The summed E-state index contributed by atoms with van der Waals surface area (Å²) in [5.41, 5.74) is 0. The highest BCUT2D eigenvalue weighted by Crippen LogP contribution is 2.23. The van der Waals surface area contributed by atoms with Crippen LogP contribution in [0.25, 0.3) is 0 Å². The van der Waals surface area contributed by atoms with Crippen LogP contribution in [0.4, 0.5) is 0 Å². The topological polar surface area (TPSA) is 37.3 Å². The first kappa shape index (κ1) is 11.5. The summed E-state index contributed by atoms with van der Waals surface area (Å²) in [4.78, 5) is 10.4. The van der Waals surface area contributed by atoms with E-state index in [0.717, 1.165) is 25.7 Å². The normalized spacial score (nSPS) is 22.6. The molecule has 1 N–H and O–H groups in total. The van der Waals surface area contributed by atoms with Crippen molar-refractivity contribution in [2.75, 3.05) is 0 Å². The molecule has 0 aromatic carbocycles. The van der Waals surface area contributed by atoms with Gasteiger partial charge in [0.1, 0.15) is 0 Å². The standard InChI is InChI=1S/C7H12O2.C5H10/c8-7(9)6-4-2-1-3-5-6;1-2-4-5-3-1/h6H,1-5H2,(H,8,9);1-5H2. The summed E-state index contributed by atoms with van der Waals surface area (Å²) in [6.07, 6.45) is 12.7. The van der Waals surface area contributed by atoms with Crippen LogP contribution in [-0.2, 0) is 4.79 Å². The lowest BCUT2D eigenvalue weighted by atomic mass is 9.90. The number of hydrogen-bond donors (Lipinski definition) is 1. The monoisotopic (exact) mass is 198 g/mol. The lowest BCUT2D eigenvalue weighted by Crippen LogP contribution is -2.16. The van der Waals surface area contributed by atoms with Gasteiger partial charge in [-0.15, -0.1) is 0 Å². The molecule has 0 atom stereocenters. The summed E-state index contributed by atoms with van der Waals surface area (Å²) in [6.45, 7) is 0. The van der Waals surface area contributed by atoms with E-state index in [4.69, 9.17) is 5.11 Å². The van der Waals surface area contributed by atoms with Crippen LogP contribution < -0.4 is 0 Å². The molecule has 2 nitrogen and oxygen atoms in total. The van der Waals surface area contributed by atoms with Gasteiger partial charge in [0.25, 0.3) is 0 Å². The molecule has 0 aliphatic heterocycles. The van der Waals surface area contributed by atoms with E-state index in [1.54, 1.807) is 0 Å². The van der Waals surface area contributed by atoms with Crippen molar-refractivity contribution >= 4 is 5.97 Å². The molecule has 2 aliphatic rings. The summed E-state index contributed by atoms with van der Waals surface area (Å²) in [6, 6.07) is 0. The zero-order chi connectivity index (χ0) is 10.2. The third kappa shape index (κ3) is 4.64. The summed E-state index contributed by atoms with van der Waals surface area (Å²) in [7, 11) is 0. The quantitative estimate of drug-likeness (QED) is 0.699. The van der Waals surface area contributed by atoms with Crippen LogP contribution in [0, 0.1) is 5.92 Å². The molecule has 0 aromatic rings. The average Bonchev–Trinajstić information content (AvgIpc) is 2.77. The molecule has 0 radical (unpaired) electrons. The molecule has 0 saturated heterocycles. The van der Waals surface area contributed by atoms with Gasteiger partial charge in [0.2, 0.25) is 0 Å². The van der Waals surface area contributed by atoms with Gasteiger partial charge in [-0.1, -0.05) is 51.4 Å². The van der Waals surface area contributed by atoms with E-state index in [2.05, 4.69) is 0 Å². The molecule has 2 saturated carbocycles. The second kappa shape index (κ2) is 6.86. The van der Waals surface area contributed by atoms with Gasteiger partial charge < -0.3 is 5.11 Å². The van der Waals surface area contributed by atoms with E-state index in [1.807, 2.05) is 0 Å². The van der Waals surface area contributed by atoms with Crippen molar-refractivity contribution in [1.82, 2.24) is 0 Å². The van der Waals surface area contributed by atoms with Crippen LogP contribution in [-0.4, -0.2) is 11.1 Å².